The van der Waals surface area contributed by atoms with E-state index in [1.54, 1.807) is 11.8 Å². The highest BCUT2D eigenvalue weighted by Crippen LogP contribution is 2.17. The number of hydrogen-bond acceptors (Lipinski definition) is 3. The van der Waals surface area contributed by atoms with Crippen molar-refractivity contribution in [3.8, 4) is 0 Å². The molecule has 0 radical (unpaired) electrons. The van der Waals surface area contributed by atoms with Crippen molar-refractivity contribution >= 4 is 17.7 Å². The van der Waals surface area contributed by atoms with Crippen molar-refractivity contribution in [3.05, 3.63) is 0 Å². The van der Waals surface area contributed by atoms with E-state index in [1.165, 1.54) is 12.8 Å². The number of rotatable bonds is 6. The summed E-state index contributed by atoms with van der Waals surface area (Å²) in [6.45, 7) is 4.10. The van der Waals surface area contributed by atoms with Gasteiger partial charge in [-0.25, -0.2) is 0 Å². The molecular weight excluding hydrogens is 222 g/mol. The maximum atomic E-state index is 11.8. The normalized spacial score (nSPS) is 17.8. The predicted octanol–water partition coefficient (Wildman–Crippen LogP) is 1.75. The molecule has 0 spiro atoms. The number of aliphatic hydroxyl groups excluding tert-OH is 1. The average Bonchev–Trinajstić information content (AvgIpc) is 2.34. The molecule has 0 aliphatic carbocycles. The Labute approximate surface area is 103 Å². The molecule has 0 atom stereocenters. The molecule has 0 aromatic heterocycles. The summed E-state index contributed by atoms with van der Waals surface area (Å²) in [6.07, 6.45) is 4.32. The first-order chi connectivity index (χ1) is 7.77. The molecular formula is C12H23NO2S. The Balaban J connectivity index is 2.13. The average molecular weight is 245 g/mol. The first-order valence-electron chi connectivity index (χ1n) is 6.24. The van der Waals surface area contributed by atoms with Crippen LogP contribution in [-0.2, 0) is 4.79 Å². The Kier molecular flexibility index (Phi) is 6.88. The van der Waals surface area contributed by atoms with Gasteiger partial charge in [0.2, 0.25) is 5.91 Å². The Morgan fingerprint density at radius 2 is 2.12 bits per heavy atom. The fourth-order valence-electron chi connectivity index (χ4n) is 1.86. The molecule has 94 valence electrons. The Hall–Kier alpha value is -0.220. The minimum Gasteiger partial charge on any atom is -0.396 e. The quantitative estimate of drug-likeness (QED) is 0.725. The molecule has 1 aliphatic heterocycles. The van der Waals surface area contributed by atoms with Crippen molar-refractivity contribution < 1.29 is 9.90 Å². The maximum Gasteiger partial charge on any atom is 0.232 e. The number of hydrogen-bond donors (Lipinski definition) is 1. The Morgan fingerprint density at radius 3 is 2.69 bits per heavy atom. The maximum absolute atomic E-state index is 11.8. The van der Waals surface area contributed by atoms with Crippen LogP contribution in [0.15, 0.2) is 0 Å². The van der Waals surface area contributed by atoms with Crippen molar-refractivity contribution in [2.75, 3.05) is 31.2 Å². The van der Waals surface area contributed by atoms with Crippen LogP contribution in [0, 0.1) is 5.92 Å². The molecule has 3 nitrogen and oxygen atoms in total. The van der Waals surface area contributed by atoms with Gasteiger partial charge in [-0.05, 0) is 30.9 Å². The van der Waals surface area contributed by atoms with Gasteiger partial charge in [-0.1, -0.05) is 13.3 Å². The van der Waals surface area contributed by atoms with Crippen LogP contribution in [0.1, 0.15) is 32.6 Å². The molecule has 4 heteroatoms. The third-order valence-electron chi connectivity index (χ3n) is 3.09. The number of likely N-dealkylation sites (tertiary alicyclic amines) is 1. The summed E-state index contributed by atoms with van der Waals surface area (Å²) in [7, 11) is 0. The number of carbonyl (C=O) groups excluding carboxylic acids is 1. The van der Waals surface area contributed by atoms with Crippen molar-refractivity contribution in [2.24, 2.45) is 5.92 Å². The smallest absolute Gasteiger partial charge is 0.232 e. The second-order valence-electron chi connectivity index (χ2n) is 4.41. The lowest BCUT2D eigenvalue weighted by Gasteiger charge is -2.31. The van der Waals surface area contributed by atoms with Crippen molar-refractivity contribution in [1.82, 2.24) is 4.90 Å². The summed E-state index contributed by atoms with van der Waals surface area (Å²) in [6, 6.07) is 0. The summed E-state index contributed by atoms with van der Waals surface area (Å²) in [4.78, 5) is 13.7. The van der Waals surface area contributed by atoms with Crippen LogP contribution in [0.4, 0.5) is 0 Å². The SMILES string of the molecule is CCCCSCC(=O)N1CCC(CO)CC1. The van der Waals surface area contributed by atoms with Gasteiger partial charge in [-0.15, -0.1) is 0 Å². The third kappa shape index (κ3) is 4.74. The number of unbranched alkanes of at least 4 members (excludes halogenated alkanes) is 1. The highest BCUT2D eigenvalue weighted by Gasteiger charge is 2.21. The largest absolute Gasteiger partial charge is 0.396 e. The van der Waals surface area contributed by atoms with Gasteiger partial charge in [-0.3, -0.25) is 4.79 Å². The minimum atomic E-state index is 0.271. The van der Waals surface area contributed by atoms with E-state index in [0.29, 0.717) is 11.7 Å². The number of amides is 1. The van der Waals surface area contributed by atoms with Crippen molar-refractivity contribution in [2.45, 2.75) is 32.6 Å². The second-order valence-corrected chi connectivity index (χ2v) is 5.52. The Morgan fingerprint density at radius 1 is 1.44 bits per heavy atom. The first-order valence-corrected chi connectivity index (χ1v) is 7.39. The van der Waals surface area contributed by atoms with Crippen LogP contribution >= 0.6 is 11.8 Å². The molecule has 1 aliphatic rings. The van der Waals surface area contributed by atoms with E-state index in [2.05, 4.69) is 6.92 Å². The number of piperidine rings is 1. The third-order valence-corrected chi connectivity index (χ3v) is 4.12. The summed E-state index contributed by atoms with van der Waals surface area (Å²) in [5, 5.41) is 9.01. The summed E-state index contributed by atoms with van der Waals surface area (Å²) >= 11 is 1.75. The van der Waals surface area contributed by atoms with E-state index in [0.717, 1.165) is 31.7 Å². The number of nitrogens with zero attached hydrogens (tertiary/aromatic N) is 1. The summed E-state index contributed by atoms with van der Waals surface area (Å²) in [5.41, 5.74) is 0. The van der Waals surface area contributed by atoms with Gasteiger partial charge in [0.05, 0.1) is 5.75 Å². The lowest BCUT2D eigenvalue weighted by atomic mass is 9.98. The van der Waals surface area contributed by atoms with Crippen LogP contribution < -0.4 is 0 Å². The van der Waals surface area contributed by atoms with E-state index in [9.17, 15) is 4.79 Å². The van der Waals surface area contributed by atoms with Gasteiger partial charge in [0.15, 0.2) is 0 Å². The molecule has 1 amide bonds. The Bertz CT molecular complexity index is 203. The standard InChI is InChI=1S/C12H23NO2S/c1-2-3-8-16-10-12(15)13-6-4-11(9-14)5-7-13/h11,14H,2-10H2,1H3. The van der Waals surface area contributed by atoms with Gasteiger partial charge in [0.25, 0.3) is 0 Å². The molecule has 1 saturated heterocycles. The summed E-state index contributed by atoms with van der Waals surface area (Å²) < 4.78 is 0. The molecule has 1 rings (SSSR count). The predicted molar refractivity (Wildman–Crippen MR) is 68.6 cm³/mol. The molecule has 0 aromatic rings. The van der Waals surface area contributed by atoms with Gasteiger partial charge in [0, 0.05) is 19.7 Å². The van der Waals surface area contributed by atoms with Crippen molar-refractivity contribution in [3.63, 3.8) is 0 Å². The molecule has 0 saturated carbocycles. The number of aliphatic hydroxyl groups is 1. The lowest BCUT2D eigenvalue weighted by Crippen LogP contribution is -2.40. The second kappa shape index (κ2) is 7.96. The molecule has 0 unspecified atom stereocenters. The van der Waals surface area contributed by atoms with Crippen molar-refractivity contribution in [1.29, 1.82) is 0 Å². The first kappa shape index (κ1) is 13.8. The highest BCUT2D eigenvalue weighted by molar-refractivity contribution is 7.99. The van der Waals surface area contributed by atoms with E-state index < -0.39 is 0 Å². The molecule has 0 aromatic carbocycles. The molecule has 16 heavy (non-hydrogen) atoms. The fraction of sp³-hybridized carbons (Fsp3) is 0.917. The van der Waals surface area contributed by atoms with Gasteiger partial charge in [0.1, 0.15) is 0 Å². The van der Waals surface area contributed by atoms with Crippen LogP contribution in [0.3, 0.4) is 0 Å². The monoisotopic (exact) mass is 245 g/mol. The van der Waals surface area contributed by atoms with Crippen LogP contribution in [0.5, 0.6) is 0 Å². The molecule has 1 heterocycles. The zero-order chi connectivity index (χ0) is 11.8. The highest BCUT2D eigenvalue weighted by atomic mass is 32.2. The topological polar surface area (TPSA) is 40.5 Å². The minimum absolute atomic E-state index is 0.271. The van der Waals surface area contributed by atoms with E-state index in [-0.39, 0.29) is 12.5 Å². The van der Waals surface area contributed by atoms with E-state index >= 15 is 0 Å². The van der Waals surface area contributed by atoms with Crippen LogP contribution in [0.2, 0.25) is 0 Å². The molecule has 1 N–H and O–H groups in total. The lowest BCUT2D eigenvalue weighted by molar-refractivity contribution is -0.129. The van der Waals surface area contributed by atoms with Gasteiger partial charge >= 0.3 is 0 Å². The zero-order valence-corrected chi connectivity index (χ0v) is 11.0. The summed E-state index contributed by atoms with van der Waals surface area (Å²) in [5.74, 6) is 2.41. The number of carbonyl (C=O) groups is 1. The van der Waals surface area contributed by atoms with Crippen LogP contribution in [0.25, 0.3) is 0 Å². The molecule has 1 fully saturated rings. The fourth-order valence-corrected chi connectivity index (χ4v) is 2.86. The number of thioether (sulfide) groups is 1. The molecule has 0 bridgehead atoms. The van der Waals surface area contributed by atoms with Gasteiger partial charge in [-0.2, -0.15) is 11.8 Å². The van der Waals surface area contributed by atoms with E-state index in [1.807, 2.05) is 4.90 Å². The van der Waals surface area contributed by atoms with E-state index in [4.69, 9.17) is 5.11 Å². The van der Waals surface area contributed by atoms with Gasteiger partial charge < -0.3 is 10.0 Å². The van der Waals surface area contributed by atoms with Crippen LogP contribution in [-0.4, -0.2) is 47.1 Å². The zero-order valence-electron chi connectivity index (χ0n) is 10.2.